The predicted octanol–water partition coefficient (Wildman–Crippen LogP) is 2.06. The molecule has 0 atom stereocenters. The van der Waals surface area contributed by atoms with Gasteiger partial charge in [-0.1, -0.05) is 13.8 Å². The fourth-order valence-electron chi connectivity index (χ4n) is 0.919. The summed E-state index contributed by atoms with van der Waals surface area (Å²) >= 11 is 0. The molecule has 64 valence electrons. The van der Waals surface area contributed by atoms with Crippen LogP contribution in [0.5, 0.6) is 0 Å². The Labute approximate surface area is 72.1 Å². The molecule has 0 N–H and O–H groups in total. The van der Waals surface area contributed by atoms with Gasteiger partial charge < -0.3 is 0 Å². The molecule has 0 saturated heterocycles. The average Bonchev–Trinajstić information content (AvgIpc) is 2.54. The Morgan fingerprint density at radius 1 is 1.33 bits per heavy atom. The number of nitrogens with zero attached hydrogens (tertiary/aromatic N) is 3. The summed E-state index contributed by atoms with van der Waals surface area (Å²) in [5.74, 6) is 0. The van der Waals surface area contributed by atoms with E-state index in [4.69, 9.17) is 0 Å². The van der Waals surface area contributed by atoms with E-state index in [1.54, 1.807) is 6.33 Å². The molecule has 0 bridgehead atoms. The van der Waals surface area contributed by atoms with Crippen molar-refractivity contribution in [3.8, 4) is 0 Å². The second-order valence-corrected chi connectivity index (χ2v) is 2.30. The molecular formula is C9H13N3. The van der Waals surface area contributed by atoms with E-state index in [-0.39, 0.29) is 0 Å². The number of rotatable bonds is 0. The molecule has 0 unspecified atom stereocenters. The van der Waals surface area contributed by atoms with Crippen LogP contribution in [-0.2, 0) is 0 Å². The van der Waals surface area contributed by atoms with Gasteiger partial charge >= 0.3 is 0 Å². The van der Waals surface area contributed by atoms with E-state index < -0.39 is 0 Å². The number of aromatic nitrogens is 3. The second kappa shape index (κ2) is 3.85. The SMILES string of the molecule is CC.Cc1ccn2cnnc2c1. The van der Waals surface area contributed by atoms with Crippen molar-refractivity contribution in [1.29, 1.82) is 0 Å². The largest absolute Gasteiger partial charge is 0.289 e. The standard InChI is InChI=1S/C7H7N3.C2H6/c1-6-2-3-10-5-8-9-7(10)4-6;1-2/h2-5H,1H3;1-2H3. The Bertz CT molecular complexity index is 351. The Hall–Kier alpha value is -1.38. The van der Waals surface area contributed by atoms with E-state index >= 15 is 0 Å². The lowest BCUT2D eigenvalue weighted by Gasteiger charge is -1.91. The smallest absolute Gasteiger partial charge is 0.160 e. The molecule has 0 fully saturated rings. The first-order valence-electron chi connectivity index (χ1n) is 4.12. The Morgan fingerprint density at radius 3 is 2.83 bits per heavy atom. The first-order valence-corrected chi connectivity index (χ1v) is 4.12. The zero-order valence-corrected chi connectivity index (χ0v) is 7.65. The lowest BCUT2D eigenvalue weighted by Crippen LogP contribution is -1.81. The van der Waals surface area contributed by atoms with Gasteiger partial charge in [-0.3, -0.25) is 4.40 Å². The maximum atomic E-state index is 3.89. The topological polar surface area (TPSA) is 30.2 Å². The van der Waals surface area contributed by atoms with Gasteiger partial charge in [0.05, 0.1) is 0 Å². The molecule has 2 aromatic rings. The van der Waals surface area contributed by atoms with Gasteiger partial charge in [0, 0.05) is 6.20 Å². The molecule has 2 heterocycles. The first kappa shape index (κ1) is 8.71. The van der Waals surface area contributed by atoms with Crippen LogP contribution in [0.4, 0.5) is 0 Å². The zero-order chi connectivity index (χ0) is 8.97. The lowest BCUT2D eigenvalue weighted by atomic mass is 10.3. The van der Waals surface area contributed by atoms with Crippen molar-refractivity contribution < 1.29 is 0 Å². The van der Waals surface area contributed by atoms with Gasteiger partial charge in [-0.15, -0.1) is 10.2 Å². The highest BCUT2D eigenvalue weighted by Crippen LogP contribution is 2.01. The van der Waals surface area contributed by atoms with Gasteiger partial charge in [0.2, 0.25) is 0 Å². The molecule has 0 amide bonds. The van der Waals surface area contributed by atoms with Gasteiger partial charge in [0.15, 0.2) is 5.65 Å². The van der Waals surface area contributed by atoms with Crippen LogP contribution in [0.2, 0.25) is 0 Å². The van der Waals surface area contributed by atoms with Crippen LogP contribution in [0, 0.1) is 6.92 Å². The Morgan fingerprint density at radius 2 is 2.08 bits per heavy atom. The first-order chi connectivity index (χ1) is 5.86. The molecule has 12 heavy (non-hydrogen) atoms. The fraction of sp³-hybridized carbons (Fsp3) is 0.333. The molecule has 0 radical (unpaired) electrons. The minimum Gasteiger partial charge on any atom is -0.289 e. The quantitative estimate of drug-likeness (QED) is 0.595. The van der Waals surface area contributed by atoms with E-state index in [1.807, 2.05) is 43.5 Å². The second-order valence-electron chi connectivity index (χ2n) is 2.30. The maximum Gasteiger partial charge on any atom is 0.160 e. The summed E-state index contributed by atoms with van der Waals surface area (Å²) < 4.78 is 1.88. The summed E-state index contributed by atoms with van der Waals surface area (Å²) in [7, 11) is 0. The molecule has 0 aliphatic heterocycles. The third kappa shape index (κ3) is 1.61. The van der Waals surface area contributed by atoms with Crippen molar-refractivity contribution in [2.24, 2.45) is 0 Å². The highest BCUT2D eigenvalue weighted by molar-refractivity contribution is 5.38. The van der Waals surface area contributed by atoms with E-state index in [1.165, 1.54) is 5.56 Å². The molecule has 0 aliphatic rings. The Balaban J connectivity index is 0.000000336. The summed E-state index contributed by atoms with van der Waals surface area (Å²) in [6.07, 6.45) is 3.64. The number of hydrogen-bond acceptors (Lipinski definition) is 2. The number of hydrogen-bond donors (Lipinski definition) is 0. The third-order valence-corrected chi connectivity index (χ3v) is 1.46. The van der Waals surface area contributed by atoms with Gasteiger partial charge in [-0.25, -0.2) is 0 Å². The summed E-state index contributed by atoms with van der Waals surface area (Å²) in [4.78, 5) is 0. The van der Waals surface area contributed by atoms with Crippen LogP contribution < -0.4 is 0 Å². The highest BCUT2D eigenvalue weighted by Gasteiger charge is 1.91. The van der Waals surface area contributed by atoms with Crippen LogP contribution in [0.1, 0.15) is 19.4 Å². The van der Waals surface area contributed by atoms with Gasteiger partial charge in [-0.2, -0.15) is 0 Å². The highest BCUT2D eigenvalue weighted by atomic mass is 15.2. The molecule has 0 spiro atoms. The average molecular weight is 163 g/mol. The molecule has 0 aliphatic carbocycles. The molecule has 3 nitrogen and oxygen atoms in total. The summed E-state index contributed by atoms with van der Waals surface area (Å²) in [6.45, 7) is 6.04. The summed E-state index contributed by atoms with van der Waals surface area (Å²) in [5, 5.41) is 7.65. The third-order valence-electron chi connectivity index (χ3n) is 1.46. The molecule has 0 aromatic carbocycles. The molecule has 2 rings (SSSR count). The fourth-order valence-corrected chi connectivity index (χ4v) is 0.919. The predicted molar refractivity (Wildman–Crippen MR) is 49.1 cm³/mol. The Kier molecular flexibility index (Phi) is 2.80. The van der Waals surface area contributed by atoms with Crippen LogP contribution >= 0.6 is 0 Å². The van der Waals surface area contributed by atoms with Crippen molar-refractivity contribution in [2.45, 2.75) is 20.8 Å². The number of fused-ring (bicyclic) bond motifs is 1. The van der Waals surface area contributed by atoms with Crippen molar-refractivity contribution in [2.75, 3.05) is 0 Å². The van der Waals surface area contributed by atoms with Crippen LogP contribution in [0.3, 0.4) is 0 Å². The number of pyridine rings is 1. The van der Waals surface area contributed by atoms with Gasteiger partial charge in [0.25, 0.3) is 0 Å². The summed E-state index contributed by atoms with van der Waals surface area (Å²) in [6, 6.07) is 4.02. The lowest BCUT2D eigenvalue weighted by molar-refractivity contribution is 1.10. The normalized spacial score (nSPS) is 9.25. The minimum absolute atomic E-state index is 0.903. The van der Waals surface area contributed by atoms with Crippen molar-refractivity contribution in [1.82, 2.24) is 14.6 Å². The monoisotopic (exact) mass is 163 g/mol. The van der Waals surface area contributed by atoms with E-state index in [0.717, 1.165) is 5.65 Å². The molecule has 0 saturated carbocycles. The van der Waals surface area contributed by atoms with E-state index in [0.29, 0.717) is 0 Å². The summed E-state index contributed by atoms with van der Waals surface area (Å²) in [5.41, 5.74) is 2.11. The van der Waals surface area contributed by atoms with Crippen LogP contribution in [-0.4, -0.2) is 14.6 Å². The number of aryl methyl sites for hydroxylation is 1. The molecule has 3 heteroatoms. The van der Waals surface area contributed by atoms with Crippen molar-refractivity contribution in [3.05, 3.63) is 30.2 Å². The van der Waals surface area contributed by atoms with Crippen LogP contribution in [0.25, 0.3) is 5.65 Å². The van der Waals surface area contributed by atoms with Gasteiger partial charge in [0.1, 0.15) is 6.33 Å². The zero-order valence-electron chi connectivity index (χ0n) is 7.65. The molecule has 2 aromatic heterocycles. The van der Waals surface area contributed by atoms with E-state index in [9.17, 15) is 0 Å². The minimum atomic E-state index is 0.903. The molecular weight excluding hydrogens is 150 g/mol. The van der Waals surface area contributed by atoms with Crippen molar-refractivity contribution in [3.63, 3.8) is 0 Å². The van der Waals surface area contributed by atoms with Gasteiger partial charge in [-0.05, 0) is 24.6 Å². The maximum absolute atomic E-state index is 3.89. The van der Waals surface area contributed by atoms with Crippen molar-refractivity contribution >= 4 is 5.65 Å². The van der Waals surface area contributed by atoms with Crippen LogP contribution in [0.15, 0.2) is 24.7 Å². The van der Waals surface area contributed by atoms with E-state index in [2.05, 4.69) is 10.2 Å².